The average molecular weight is 395 g/mol. The second-order valence-electron chi connectivity index (χ2n) is 6.24. The van der Waals surface area contributed by atoms with Crippen molar-refractivity contribution in [3.8, 4) is 0 Å². The van der Waals surface area contributed by atoms with Crippen LogP contribution < -0.4 is 0 Å². The molecule has 0 radical (unpaired) electrons. The molecule has 3 rings (SSSR count). The van der Waals surface area contributed by atoms with Crippen LogP contribution in [0.3, 0.4) is 0 Å². The molecule has 1 aliphatic rings. The Morgan fingerprint density at radius 1 is 1.25 bits per heavy atom. The van der Waals surface area contributed by atoms with Crippen molar-refractivity contribution in [3.05, 3.63) is 34.3 Å². The van der Waals surface area contributed by atoms with Gasteiger partial charge in [0.05, 0.1) is 16.4 Å². The average Bonchev–Trinajstić information content (AvgIpc) is 3.11. The molecular formula is C16H23BrN6O. The molecule has 2 aromatic heterocycles. The smallest absolute Gasteiger partial charge is 0.224 e. The Bertz CT molecular complexity index is 701. The minimum Gasteiger partial charge on any atom is -0.340 e. The van der Waals surface area contributed by atoms with Crippen LogP contribution in [0, 0.1) is 6.92 Å². The van der Waals surface area contributed by atoms with Gasteiger partial charge in [-0.3, -0.25) is 19.1 Å². The predicted molar refractivity (Wildman–Crippen MR) is 94.3 cm³/mol. The van der Waals surface area contributed by atoms with Gasteiger partial charge in [0.25, 0.3) is 0 Å². The molecule has 2 aromatic rings. The quantitative estimate of drug-likeness (QED) is 0.769. The van der Waals surface area contributed by atoms with Crippen LogP contribution in [0.15, 0.2) is 23.1 Å². The summed E-state index contributed by atoms with van der Waals surface area (Å²) in [5, 5.41) is 8.57. The van der Waals surface area contributed by atoms with Gasteiger partial charge in [0.2, 0.25) is 5.91 Å². The Labute approximate surface area is 150 Å². The first kappa shape index (κ1) is 17.2. The van der Waals surface area contributed by atoms with Crippen molar-refractivity contribution in [1.82, 2.24) is 29.4 Å². The highest BCUT2D eigenvalue weighted by molar-refractivity contribution is 9.10. The standard InChI is InChI=1S/C16H23BrN6O/c1-13-14(10-20(2)19-13)11-21-5-7-22(8-6-21)16(24)3-4-23-12-15(17)9-18-23/h9-10,12H,3-8,11H2,1-2H3. The van der Waals surface area contributed by atoms with E-state index in [0.717, 1.165) is 42.9 Å². The summed E-state index contributed by atoms with van der Waals surface area (Å²) in [4.78, 5) is 16.7. The number of halogens is 1. The summed E-state index contributed by atoms with van der Waals surface area (Å²) < 4.78 is 4.59. The van der Waals surface area contributed by atoms with E-state index < -0.39 is 0 Å². The lowest BCUT2D eigenvalue weighted by Crippen LogP contribution is -2.48. The number of aromatic nitrogens is 4. The second-order valence-corrected chi connectivity index (χ2v) is 7.16. The number of nitrogens with zero attached hydrogens (tertiary/aromatic N) is 6. The molecule has 0 aliphatic carbocycles. The zero-order chi connectivity index (χ0) is 17.1. The molecule has 3 heterocycles. The molecule has 130 valence electrons. The van der Waals surface area contributed by atoms with Crippen LogP contribution in [0.25, 0.3) is 0 Å². The Kier molecular flexibility index (Phi) is 5.35. The molecule has 1 aliphatic heterocycles. The minimum atomic E-state index is 0.207. The molecule has 0 saturated carbocycles. The van der Waals surface area contributed by atoms with Gasteiger partial charge >= 0.3 is 0 Å². The largest absolute Gasteiger partial charge is 0.340 e. The van der Waals surface area contributed by atoms with Crippen LogP contribution in [-0.4, -0.2) is 61.4 Å². The monoisotopic (exact) mass is 394 g/mol. The molecule has 0 bridgehead atoms. The Balaban J connectivity index is 1.44. The van der Waals surface area contributed by atoms with Crippen molar-refractivity contribution in [2.75, 3.05) is 26.2 Å². The van der Waals surface area contributed by atoms with Crippen molar-refractivity contribution < 1.29 is 4.79 Å². The summed E-state index contributed by atoms with van der Waals surface area (Å²) in [6.45, 7) is 6.98. The van der Waals surface area contributed by atoms with Crippen molar-refractivity contribution in [1.29, 1.82) is 0 Å². The summed E-state index contributed by atoms with van der Waals surface area (Å²) in [6.07, 6.45) is 6.20. The van der Waals surface area contributed by atoms with Crippen LogP contribution in [0.1, 0.15) is 17.7 Å². The summed E-state index contributed by atoms with van der Waals surface area (Å²) in [5.74, 6) is 0.207. The third-order valence-electron chi connectivity index (χ3n) is 4.39. The number of hydrogen-bond acceptors (Lipinski definition) is 4. The van der Waals surface area contributed by atoms with Crippen LogP contribution >= 0.6 is 15.9 Å². The number of carbonyl (C=O) groups is 1. The lowest BCUT2D eigenvalue weighted by molar-refractivity contribution is -0.133. The maximum absolute atomic E-state index is 12.3. The highest BCUT2D eigenvalue weighted by atomic mass is 79.9. The number of amides is 1. The van der Waals surface area contributed by atoms with Gasteiger partial charge in [0, 0.05) is 70.7 Å². The summed E-state index contributed by atoms with van der Waals surface area (Å²) in [7, 11) is 1.95. The second kappa shape index (κ2) is 7.48. The summed E-state index contributed by atoms with van der Waals surface area (Å²) in [6, 6.07) is 0. The van der Waals surface area contributed by atoms with E-state index in [-0.39, 0.29) is 5.91 Å². The SMILES string of the molecule is Cc1nn(C)cc1CN1CCN(C(=O)CCn2cc(Br)cn2)CC1. The number of carbonyl (C=O) groups excluding carboxylic acids is 1. The lowest BCUT2D eigenvalue weighted by Gasteiger charge is -2.34. The summed E-state index contributed by atoms with van der Waals surface area (Å²) in [5.41, 5.74) is 2.35. The van der Waals surface area contributed by atoms with Gasteiger partial charge in [-0.25, -0.2) is 0 Å². The first-order valence-electron chi connectivity index (χ1n) is 8.18. The van der Waals surface area contributed by atoms with Crippen molar-refractivity contribution in [2.24, 2.45) is 7.05 Å². The molecule has 0 N–H and O–H groups in total. The number of aryl methyl sites for hydroxylation is 3. The molecule has 24 heavy (non-hydrogen) atoms. The van der Waals surface area contributed by atoms with Gasteiger partial charge in [0.15, 0.2) is 0 Å². The first-order valence-corrected chi connectivity index (χ1v) is 8.98. The Morgan fingerprint density at radius 3 is 2.58 bits per heavy atom. The van der Waals surface area contributed by atoms with Crippen LogP contribution in [0.5, 0.6) is 0 Å². The third kappa shape index (κ3) is 4.24. The van der Waals surface area contributed by atoms with E-state index in [9.17, 15) is 4.79 Å². The fraction of sp³-hybridized carbons (Fsp3) is 0.562. The van der Waals surface area contributed by atoms with E-state index in [4.69, 9.17) is 0 Å². The van der Waals surface area contributed by atoms with E-state index in [0.29, 0.717) is 13.0 Å². The molecule has 0 unspecified atom stereocenters. The molecule has 1 amide bonds. The predicted octanol–water partition coefficient (Wildman–Crippen LogP) is 1.42. The molecule has 1 saturated heterocycles. The van der Waals surface area contributed by atoms with E-state index in [2.05, 4.69) is 37.2 Å². The van der Waals surface area contributed by atoms with Crippen LogP contribution in [0.4, 0.5) is 0 Å². The van der Waals surface area contributed by atoms with Gasteiger partial charge in [-0.1, -0.05) is 0 Å². The highest BCUT2D eigenvalue weighted by Gasteiger charge is 2.21. The Hall–Kier alpha value is -1.67. The maximum atomic E-state index is 12.3. The van der Waals surface area contributed by atoms with Crippen LogP contribution in [0.2, 0.25) is 0 Å². The van der Waals surface area contributed by atoms with Gasteiger partial charge < -0.3 is 4.90 Å². The third-order valence-corrected chi connectivity index (χ3v) is 4.80. The zero-order valence-corrected chi connectivity index (χ0v) is 15.7. The minimum absolute atomic E-state index is 0.207. The van der Waals surface area contributed by atoms with Gasteiger partial charge in [-0.2, -0.15) is 10.2 Å². The topological polar surface area (TPSA) is 59.2 Å². The molecule has 1 fully saturated rings. The molecule has 0 spiro atoms. The van der Waals surface area contributed by atoms with Crippen LogP contribution in [-0.2, 0) is 24.9 Å². The zero-order valence-electron chi connectivity index (χ0n) is 14.2. The fourth-order valence-corrected chi connectivity index (χ4v) is 3.36. The molecule has 0 atom stereocenters. The number of piperazine rings is 1. The van der Waals surface area contributed by atoms with Crippen molar-refractivity contribution >= 4 is 21.8 Å². The number of hydrogen-bond donors (Lipinski definition) is 0. The van der Waals surface area contributed by atoms with E-state index >= 15 is 0 Å². The van der Waals surface area contributed by atoms with Gasteiger partial charge in [0.1, 0.15) is 0 Å². The molecule has 7 nitrogen and oxygen atoms in total. The van der Waals surface area contributed by atoms with Gasteiger partial charge in [-0.15, -0.1) is 0 Å². The normalized spacial score (nSPS) is 15.9. The van der Waals surface area contributed by atoms with E-state index in [1.807, 2.05) is 29.7 Å². The molecule has 0 aromatic carbocycles. The highest BCUT2D eigenvalue weighted by Crippen LogP contribution is 2.12. The Morgan fingerprint density at radius 2 is 2.00 bits per heavy atom. The van der Waals surface area contributed by atoms with E-state index in [1.165, 1.54) is 5.56 Å². The first-order chi connectivity index (χ1) is 11.5. The van der Waals surface area contributed by atoms with Gasteiger partial charge in [-0.05, 0) is 22.9 Å². The maximum Gasteiger partial charge on any atom is 0.224 e. The lowest BCUT2D eigenvalue weighted by atomic mass is 10.2. The van der Waals surface area contributed by atoms with Crippen molar-refractivity contribution in [3.63, 3.8) is 0 Å². The summed E-state index contributed by atoms with van der Waals surface area (Å²) >= 11 is 3.37. The molecular weight excluding hydrogens is 372 g/mol. The van der Waals surface area contributed by atoms with E-state index in [1.54, 1.807) is 10.9 Å². The number of rotatable bonds is 5. The fourth-order valence-electron chi connectivity index (χ4n) is 3.03. The van der Waals surface area contributed by atoms with Crippen molar-refractivity contribution in [2.45, 2.75) is 26.4 Å². The molecule has 8 heteroatoms.